The van der Waals surface area contributed by atoms with Crippen molar-refractivity contribution in [2.24, 2.45) is 0 Å². The Bertz CT molecular complexity index is 2570. The number of aromatic nitrogens is 2. The van der Waals surface area contributed by atoms with Gasteiger partial charge in [0.2, 0.25) is 10.7 Å². The second-order valence-corrected chi connectivity index (χ2v) is 14.1. The van der Waals surface area contributed by atoms with Crippen LogP contribution >= 0.6 is 0 Å². The van der Waals surface area contributed by atoms with Gasteiger partial charge in [0.05, 0.1) is 12.1 Å². The Kier molecular flexibility index (Phi) is 13.8. The fraction of sp³-hybridized carbons (Fsp3) is 0.200. The molecule has 2 aliphatic carbocycles. The molecule has 0 radical (unpaired) electrons. The minimum absolute atomic E-state index is 0.711. The van der Waals surface area contributed by atoms with E-state index in [1.54, 1.807) is 0 Å². The zero-order valence-electron chi connectivity index (χ0n) is 31.8. The monoisotopic (exact) mass is 834 g/mol. The maximum atomic E-state index is 8.49. The number of hydrogen-bond donors (Lipinski definition) is 2. The summed E-state index contributed by atoms with van der Waals surface area (Å²) in [5.74, 6) is 1.56. The van der Waals surface area contributed by atoms with Gasteiger partial charge in [-0.15, -0.1) is 20.5 Å². The van der Waals surface area contributed by atoms with Crippen LogP contribution in [0.25, 0.3) is 66.7 Å². The van der Waals surface area contributed by atoms with Crippen LogP contribution in [-0.4, -0.2) is 36.1 Å². The predicted molar refractivity (Wildman–Crippen MR) is 198 cm³/mol. The molecular formula is C40H40Cl2N6O10. The zero-order chi connectivity index (χ0) is 42.4. The summed E-state index contributed by atoms with van der Waals surface area (Å²) in [5.41, 5.74) is 18.7. The topological polar surface area (TPSA) is 295 Å². The first-order valence-electron chi connectivity index (χ1n) is 17.8. The lowest BCUT2D eigenvalue weighted by atomic mass is 10.1. The van der Waals surface area contributed by atoms with Gasteiger partial charge in [0.1, 0.15) is 48.6 Å². The van der Waals surface area contributed by atoms with Crippen LogP contribution < -0.4 is 68.6 Å². The van der Waals surface area contributed by atoms with Crippen molar-refractivity contribution in [3.05, 3.63) is 108 Å². The van der Waals surface area contributed by atoms with Crippen molar-refractivity contribution < 1.29 is 66.6 Å². The lowest BCUT2D eigenvalue weighted by Crippen LogP contribution is -2.68. The van der Waals surface area contributed by atoms with E-state index in [0.29, 0.717) is 11.4 Å². The van der Waals surface area contributed by atoms with Crippen LogP contribution in [-0.2, 0) is 0 Å². The molecule has 0 fully saturated rings. The molecule has 4 aliphatic rings. The maximum Gasteiger partial charge on any atom is 0.203 e. The van der Waals surface area contributed by atoms with Crippen LogP contribution in [0.3, 0.4) is 0 Å². The molecule has 4 aromatic carbocycles. The molecular weight excluding hydrogens is 795 g/mol. The van der Waals surface area contributed by atoms with Gasteiger partial charge in [-0.3, -0.25) is 0 Å². The van der Waals surface area contributed by atoms with Gasteiger partial charge in [0.15, 0.2) is 22.7 Å². The highest BCUT2D eigenvalue weighted by Crippen LogP contribution is 2.34. The van der Waals surface area contributed by atoms with Crippen LogP contribution in [0.2, 0.25) is 0 Å². The van der Waals surface area contributed by atoms with E-state index in [-0.39, 0.29) is 0 Å². The molecule has 0 bridgehead atoms. The van der Waals surface area contributed by atoms with Crippen molar-refractivity contribution >= 4 is 55.1 Å². The van der Waals surface area contributed by atoms with Crippen LogP contribution in [0.4, 0.5) is 11.4 Å². The minimum atomic E-state index is -4.94. The van der Waals surface area contributed by atoms with Crippen molar-refractivity contribution in [3.8, 4) is 22.9 Å². The first-order valence-corrected chi connectivity index (χ1v) is 20.3. The van der Waals surface area contributed by atoms with Crippen molar-refractivity contribution in [3.63, 3.8) is 0 Å². The number of nitrogens with zero attached hydrogens (tertiary/aromatic N) is 4. The van der Waals surface area contributed by atoms with E-state index in [1.807, 2.05) is 72.8 Å². The van der Waals surface area contributed by atoms with E-state index in [4.69, 9.17) is 67.5 Å². The molecule has 0 spiro atoms. The van der Waals surface area contributed by atoms with Crippen molar-refractivity contribution in [2.45, 2.75) is 27.7 Å². The number of hydrogen-bond acceptors (Lipinski definition) is 14. The Labute approximate surface area is 335 Å². The SMILES string of the molecule is CC[N+](CC)=c1ccc2nc3c(cc(N)c4ccccc43)oc-2c1.CC[N+](CC)=c1ccc2nc3c(cc(N)c4ccccc43)oc-2c1.[O-][Cl+3]([O-])([O-])[O-].[O-][Cl+3]([O-])([O-])[O-]. The Morgan fingerprint density at radius 1 is 0.483 bits per heavy atom. The van der Waals surface area contributed by atoms with Gasteiger partial charge in [0, 0.05) is 57.2 Å². The molecule has 4 N–H and O–H groups in total. The van der Waals surface area contributed by atoms with Gasteiger partial charge in [-0.25, -0.2) is 56.4 Å². The molecule has 0 unspecified atom stereocenters. The average molecular weight is 836 g/mol. The molecule has 2 heterocycles. The maximum absolute atomic E-state index is 8.49. The fourth-order valence-electron chi connectivity index (χ4n) is 6.51. The summed E-state index contributed by atoms with van der Waals surface area (Å²) in [6.45, 7) is 12.4. The van der Waals surface area contributed by atoms with E-state index in [1.165, 1.54) is 0 Å². The molecule has 304 valence electrons. The van der Waals surface area contributed by atoms with Gasteiger partial charge in [0.25, 0.3) is 0 Å². The Morgan fingerprint density at radius 3 is 1.10 bits per heavy atom. The van der Waals surface area contributed by atoms with E-state index >= 15 is 0 Å². The minimum Gasteiger partial charge on any atom is -0.452 e. The van der Waals surface area contributed by atoms with Crippen LogP contribution in [0.1, 0.15) is 27.7 Å². The molecule has 0 saturated carbocycles. The summed E-state index contributed by atoms with van der Waals surface area (Å²) < 4.78 is 84.8. The van der Waals surface area contributed by atoms with Gasteiger partial charge < -0.3 is 20.3 Å². The summed E-state index contributed by atoms with van der Waals surface area (Å²) in [5, 5.41) is 6.34. The van der Waals surface area contributed by atoms with Crippen LogP contribution in [0, 0.1) is 20.5 Å². The molecule has 2 aliphatic heterocycles. The number of fused-ring (bicyclic) bond motifs is 8. The van der Waals surface area contributed by atoms with Crippen LogP contribution in [0.15, 0.2) is 106 Å². The summed E-state index contributed by atoms with van der Waals surface area (Å²) in [6.07, 6.45) is 0. The summed E-state index contributed by atoms with van der Waals surface area (Å²) in [7, 11) is -9.89. The highest BCUT2D eigenvalue weighted by molar-refractivity contribution is 6.10. The normalized spacial score (nSPS) is 11.5. The second kappa shape index (κ2) is 18.4. The quantitative estimate of drug-likeness (QED) is 0.0799. The number of nitrogens with two attached hydrogens (primary N) is 2. The number of halogens is 2. The number of benzene rings is 6. The smallest absolute Gasteiger partial charge is 0.203 e. The molecule has 0 saturated heterocycles. The third-order valence-corrected chi connectivity index (χ3v) is 9.07. The highest BCUT2D eigenvalue weighted by atomic mass is 35.7. The van der Waals surface area contributed by atoms with E-state index in [9.17, 15) is 0 Å². The molecule has 16 nitrogen and oxygen atoms in total. The molecule has 8 rings (SSSR count). The molecule has 18 heteroatoms. The van der Waals surface area contributed by atoms with Gasteiger partial charge >= 0.3 is 0 Å². The number of nitrogen functional groups attached to an aromatic ring is 2. The zero-order valence-corrected chi connectivity index (χ0v) is 33.4. The molecule has 0 amide bonds. The standard InChI is InChI=1S/2C20H19N3O.2ClHO4/c2*1-3-23(4-2)13-9-10-17-18(11-13)24-19-12-16(21)14-7-5-6-8-15(14)20(19)22-17;2*2-1(3,4)5/h2*5-12,21H,3-4H2,1-2H3;2*(H,2,3,4,5). The van der Waals surface area contributed by atoms with Gasteiger partial charge in [-0.2, -0.15) is 0 Å². The molecule has 58 heavy (non-hydrogen) atoms. The molecule has 4 aromatic rings. The second-order valence-electron chi connectivity index (χ2n) is 12.5. The van der Waals surface area contributed by atoms with Gasteiger partial charge in [-0.1, -0.05) is 48.5 Å². The summed E-state index contributed by atoms with van der Waals surface area (Å²) in [6, 6.07) is 32.2. The summed E-state index contributed by atoms with van der Waals surface area (Å²) in [4.78, 5) is 9.66. The van der Waals surface area contributed by atoms with Crippen molar-refractivity contribution in [1.82, 2.24) is 19.1 Å². The van der Waals surface area contributed by atoms with E-state index in [0.717, 1.165) is 104 Å². The highest BCUT2D eigenvalue weighted by Gasteiger charge is 2.16. The largest absolute Gasteiger partial charge is 0.452 e. The Balaban J connectivity index is 0.000000180. The van der Waals surface area contributed by atoms with E-state index in [2.05, 4.69) is 61.1 Å². The van der Waals surface area contributed by atoms with E-state index < -0.39 is 20.5 Å². The number of rotatable bonds is 4. The first kappa shape index (κ1) is 43.6. The molecule has 0 aromatic heterocycles. The third kappa shape index (κ3) is 10.9. The molecule has 0 atom stereocenters. The Morgan fingerprint density at radius 2 is 0.793 bits per heavy atom. The Hall–Kier alpha value is -5.50. The number of anilines is 2. The average Bonchev–Trinajstić information content (AvgIpc) is 3.17. The van der Waals surface area contributed by atoms with Crippen LogP contribution in [0.5, 0.6) is 0 Å². The predicted octanol–water partition coefficient (Wildman–Crippen LogP) is -2.55. The lowest BCUT2D eigenvalue weighted by molar-refractivity contribution is -2.00. The fourth-order valence-corrected chi connectivity index (χ4v) is 6.51. The van der Waals surface area contributed by atoms with Crippen molar-refractivity contribution in [2.75, 3.05) is 37.6 Å². The summed E-state index contributed by atoms with van der Waals surface area (Å²) >= 11 is 0. The van der Waals surface area contributed by atoms with Gasteiger partial charge in [-0.05, 0) is 39.8 Å². The third-order valence-electron chi connectivity index (χ3n) is 9.07. The first-order chi connectivity index (χ1) is 27.4. The lowest BCUT2D eigenvalue weighted by Gasteiger charge is -2.17. The van der Waals surface area contributed by atoms with Crippen molar-refractivity contribution in [1.29, 1.82) is 0 Å².